The minimum atomic E-state index is 0.0849. The maximum absolute atomic E-state index is 12.2. The first kappa shape index (κ1) is 18.4. The molecule has 0 aromatic heterocycles. The van der Waals surface area contributed by atoms with E-state index in [1.165, 1.54) is 18.0 Å². The molecular formula is C21H29N3O2+2. The molecule has 1 aliphatic rings. The minimum Gasteiger partial charge on any atom is -0.489 e. The van der Waals surface area contributed by atoms with Crippen LogP contribution in [0.1, 0.15) is 12.0 Å². The lowest BCUT2D eigenvalue weighted by atomic mass is 10.2. The lowest BCUT2D eigenvalue weighted by Crippen LogP contribution is -3.27. The number of hydrogen-bond donors (Lipinski definition) is 3. The molecule has 3 rings (SSSR count). The molecular weight excluding hydrogens is 326 g/mol. The van der Waals surface area contributed by atoms with Crippen LogP contribution in [0, 0.1) is 0 Å². The third-order valence-corrected chi connectivity index (χ3v) is 4.90. The number of ether oxygens (including phenoxy) is 1. The number of hydrogen-bond acceptors (Lipinski definition) is 2. The van der Waals surface area contributed by atoms with Gasteiger partial charge in [-0.3, -0.25) is 4.79 Å². The SMILES string of the molecule is C[NH+]1CC[NH+](CCC(=O)Nc2ccc(OCc3ccccc3)cc2)CC1. The molecule has 0 spiro atoms. The highest BCUT2D eigenvalue weighted by Crippen LogP contribution is 2.17. The van der Waals surface area contributed by atoms with E-state index in [1.54, 1.807) is 4.90 Å². The van der Waals surface area contributed by atoms with Gasteiger partial charge in [0.1, 0.15) is 38.5 Å². The van der Waals surface area contributed by atoms with E-state index in [0.29, 0.717) is 13.0 Å². The molecule has 0 saturated carbocycles. The maximum atomic E-state index is 12.2. The number of carbonyl (C=O) groups is 1. The van der Waals surface area contributed by atoms with Crippen LogP contribution in [0.4, 0.5) is 5.69 Å². The van der Waals surface area contributed by atoms with Gasteiger partial charge >= 0.3 is 0 Å². The van der Waals surface area contributed by atoms with E-state index in [0.717, 1.165) is 36.6 Å². The fraction of sp³-hybridized carbons (Fsp3) is 0.381. The van der Waals surface area contributed by atoms with Crippen molar-refractivity contribution in [2.75, 3.05) is 45.1 Å². The maximum Gasteiger partial charge on any atom is 0.230 e. The topological polar surface area (TPSA) is 47.2 Å². The zero-order chi connectivity index (χ0) is 18.2. The van der Waals surface area contributed by atoms with E-state index >= 15 is 0 Å². The third-order valence-electron chi connectivity index (χ3n) is 4.90. The van der Waals surface area contributed by atoms with E-state index in [9.17, 15) is 4.79 Å². The largest absolute Gasteiger partial charge is 0.489 e. The van der Waals surface area contributed by atoms with E-state index in [4.69, 9.17) is 4.74 Å². The van der Waals surface area contributed by atoms with Crippen LogP contribution in [0.25, 0.3) is 0 Å². The van der Waals surface area contributed by atoms with Crippen LogP contribution in [-0.4, -0.2) is 45.7 Å². The van der Waals surface area contributed by atoms with Crippen molar-refractivity contribution in [2.45, 2.75) is 13.0 Å². The van der Waals surface area contributed by atoms with Crippen molar-refractivity contribution in [2.24, 2.45) is 0 Å². The van der Waals surface area contributed by atoms with Gasteiger partial charge in [0.05, 0.1) is 20.0 Å². The van der Waals surface area contributed by atoms with E-state index in [1.807, 2.05) is 54.6 Å². The number of quaternary nitrogens is 2. The third kappa shape index (κ3) is 5.86. The molecule has 0 radical (unpaired) electrons. The molecule has 138 valence electrons. The van der Waals surface area contributed by atoms with Crippen molar-refractivity contribution in [3.63, 3.8) is 0 Å². The molecule has 0 atom stereocenters. The first-order chi connectivity index (χ1) is 12.7. The second kappa shape index (κ2) is 9.36. The smallest absolute Gasteiger partial charge is 0.230 e. The Kier molecular flexibility index (Phi) is 6.63. The van der Waals surface area contributed by atoms with Gasteiger partial charge in [-0.1, -0.05) is 30.3 Å². The predicted octanol–water partition coefficient (Wildman–Crippen LogP) is 0.00740. The first-order valence-electron chi connectivity index (χ1n) is 9.40. The zero-order valence-electron chi connectivity index (χ0n) is 15.5. The molecule has 0 unspecified atom stereocenters. The van der Waals surface area contributed by atoms with Crippen LogP contribution in [0.5, 0.6) is 5.75 Å². The van der Waals surface area contributed by atoms with E-state index < -0.39 is 0 Å². The summed E-state index contributed by atoms with van der Waals surface area (Å²) in [4.78, 5) is 15.3. The molecule has 3 N–H and O–H groups in total. The number of likely N-dealkylation sites (N-methyl/N-ethyl adjacent to an activating group) is 1. The highest BCUT2D eigenvalue weighted by Gasteiger charge is 2.20. The Morgan fingerprint density at radius 2 is 1.69 bits per heavy atom. The summed E-state index contributed by atoms with van der Waals surface area (Å²) in [6.07, 6.45) is 0.570. The Balaban J connectivity index is 1.40. The molecule has 1 aliphatic heterocycles. The van der Waals surface area contributed by atoms with Gasteiger partial charge in [0.25, 0.3) is 0 Å². The van der Waals surface area contributed by atoms with Crippen molar-refractivity contribution in [3.05, 3.63) is 60.2 Å². The minimum absolute atomic E-state index is 0.0849. The van der Waals surface area contributed by atoms with Gasteiger partial charge in [0.15, 0.2) is 0 Å². The number of benzene rings is 2. The van der Waals surface area contributed by atoms with E-state index in [2.05, 4.69) is 12.4 Å². The molecule has 1 fully saturated rings. The Hall–Kier alpha value is -2.37. The Morgan fingerprint density at radius 1 is 1.00 bits per heavy atom. The highest BCUT2D eigenvalue weighted by atomic mass is 16.5. The lowest BCUT2D eigenvalue weighted by Gasteiger charge is -2.27. The predicted molar refractivity (Wildman–Crippen MR) is 103 cm³/mol. The normalized spacial score (nSPS) is 19.7. The summed E-state index contributed by atoms with van der Waals surface area (Å²) < 4.78 is 5.77. The van der Waals surface area contributed by atoms with Gasteiger partial charge in [-0.25, -0.2) is 0 Å². The number of amides is 1. The van der Waals surface area contributed by atoms with Crippen LogP contribution >= 0.6 is 0 Å². The Morgan fingerprint density at radius 3 is 2.38 bits per heavy atom. The number of piperazine rings is 1. The highest BCUT2D eigenvalue weighted by molar-refractivity contribution is 5.90. The molecule has 1 amide bonds. The van der Waals surface area contributed by atoms with Crippen LogP contribution in [0.15, 0.2) is 54.6 Å². The molecule has 0 bridgehead atoms. The van der Waals surface area contributed by atoms with Crippen molar-refractivity contribution >= 4 is 11.6 Å². The van der Waals surface area contributed by atoms with Gasteiger partial charge in [-0.2, -0.15) is 0 Å². The Bertz CT molecular complexity index is 680. The Labute approximate surface area is 155 Å². The van der Waals surface area contributed by atoms with Crippen molar-refractivity contribution < 1.29 is 19.3 Å². The lowest BCUT2D eigenvalue weighted by molar-refractivity contribution is -1.00. The zero-order valence-corrected chi connectivity index (χ0v) is 15.5. The molecule has 0 aliphatic carbocycles. The summed E-state index contributed by atoms with van der Waals surface area (Å²) >= 11 is 0. The van der Waals surface area contributed by atoms with Crippen LogP contribution in [-0.2, 0) is 11.4 Å². The second-order valence-electron chi connectivity index (χ2n) is 7.05. The average Bonchev–Trinajstić information content (AvgIpc) is 2.68. The molecule has 5 heteroatoms. The summed E-state index contributed by atoms with van der Waals surface area (Å²) in [5.41, 5.74) is 1.96. The van der Waals surface area contributed by atoms with Crippen molar-refractivity contribution in [1.29, 1.82) is 0 Å². The second-order valence-corrected chi connectivity index (χ2v) is 7.05. The summed E-state index contributed by atoms with van der Waals surface area (Å²) in [5, 5.41) is 2.98. The molecule has 2 aromatic carbocycles. The van der Waals surface area contributed by atoms with Gasteiger partial charge in [-0.05, 0) is 29.8 Å². The number of anilines is 1. The molecule has 26 heavy (non-hydrogen) atoms. The molecule has 1 saturated heterocycles. The average molecular weight is 355 g/mol. The summed E-state index contributed by atoms with van der Waals surface area (Å²) in [7, 11) is 2.23. The number of nitrogens with one attached hydrogen (secondary N) is 3. The van der Waals surface area contributed by atoms with Crippen LogP contribution < -0.4 is 19.9 Å². The summed E-state index contributed by atoms with van der Waals surface area (Å²) in [6, 6.07) is 17.7. The molecule has 2 aromatic rings. The van der Waals surface area contributed by atoms with Gasteiger partial charge in [0, 0.05) is 5.69 Å². The van der Waals surface area contributed by atoms with Gasteiger partial charge < -0.3 is 19.9 Å². The van der Waals surface area contributed by atoms with E-state index in [-0.39, 0.29) is 5.91 Å². The fourth-order valence-corrected chi connectivity index (χ4v) is 3.17. The monoisotopic (exact) mass is 355 g/mol. The first-order valence-corrected chi connectivity index (χ1v) is 9.40. The quantitative estimate of drug-likeness (QED) is 0.655. The van der Waals surface area contributed by atoms with Crippen molar-refractivity contribution in [3.8, 4) is 5.75 Å². The molecule has 1 heterocycles. The van der Waals surface area contributed by atoms with Crippen molar-refractivity contribution in [1.82, 2.24) is 0 Å². The fourth-order valence-electron chi connectivity index (χ4n) is 3.17. The standard InChI is InChI=1S/C21H27N3O2/c1-23-13-15-24(16-14-23)12-11-21(25)22-19-7-9-20(10-8-19)26-17-18-5-3-2-4-6-18/h2-10H,11-17H2,1H3,(H,22,25)/p+2. The van der Waals surface area contributed by atoms with Crippen LogP contribution in [0.3, 0.4) is 0 Å². The number of rotatable bonds is 7. The van der Waals surface area contributed by atoms with Crippen LogP contribution in [0.2, 0.25) is 0 Å². The van der Waals surface area contributed by atoms with Gasteiger partial charge in [-0.15, -0.1) is 0 Å². The summed E-state index contributed by atoms with van der Waals surface area (Å²) in [5.74, 6) is 0.887. The molecule has 5 nitrogen and oxygen atoms in total. The summed E-state index contributed by atoms with van der Waals surface area (Å²) in [6.45, 7) is 6.17. The number of carbonyl (C=O) groups excluding carboxylic acids is 1. The van der Waals surface area contributed by atoms with Gasteiger partial charge in [0.2, 0.25) is 5.91 Å².